The average Bonchev–Trinajstić information content (AvgIpc) is 2.45. The maximum atomic E-state index is 13.5. The molecule has 1 aromatic rings. The molecule has 0 fully saturated rings. The van der Waals surface area contributed by atoms with Gasteiger partial charge in [0.25, 0.3) is 0 Å². The SMILES string of the molecule is C=C(C)SNCCCNSc1c(F)c(F)c(N)c(F)c1F. The molecule has 0 aliphatic rings. The lowest BCUT2D eigenvalue weighted by Crippen LogP contribution is -2.14. The van der Waals surface area contributed by atoms with Gasteiger partial charge in [0.05, 0.1) is 0 Å². The van der Waals surface area contributed by atoms with Crippen LogP contribution in [0.15, 0.2) is 16.4 Å². The summed E-state index contributed by atoms with van der Waals surface area (Å²) in [5, 5.41) is 0. The Morgan fingerprint density at radius 1 is 1.05 bits per heavy atom. The van der Waals surface area contributed by atoms with Gasteiger partial charge in [-0.3, -0.25) is 9.44 Å². The topological polar surface area (TPSA) is 50.1 Å². The lowest BCUT2D eigenvalue weighted by molar-refractivity contribution is 0.431. The molecule has 0 aromatic heterocycles. The minimum atomic E-state index is -1.59. The van der Waals surface area contributed by atoms with E-state index in [-0.39, 0.29) is 0 Å². The summed E-state index contributed by atoms with van der Waals surface area (Å²) in [7, 11) is 0. The molecule has 0 aliphatic carbocycles. The highest BCUT2D eigenvalue weighted by Crippen LogP contribution is 2.31. The predicted octanol–water partition coefficient (Wildman–Crippen LogP) is 3.58. The highest BCUT2D eigenvalue weighted by molar-refractivity contribution is 8.01. The molecule has 0 saturated carbocycles. The molecule has 0 spiro atoms. The van der Waals surface area contributed by atoms with E-state index < -0.39 is 33.9 Å². The van der Waals surface area contributed by atoms with Crippen LogP contribution in [0.5, 0.6) is 0 Å². The van der Waals surface area contributed by atoms with Crippen LogP contribution in [0.1, 0.15) is 13.3 Å². The van der Waals surface area contributed by atoms with Gasteiger partial charge < -0.3 is 5.73 Å². The molecule has 118 valence electrons. The van der Waals surface area contributed by atoms with E-state index in [1.54, 1.807) is 0 Å². The second-order valence-electron chi connectivity index (χ2n) is 4.05. The first-order valence-electron chi connectivity index (χ1n) is 5.92. The second kappa shape index (κ2) is 8.52. The van der Waals surface area contributed by atoms with Gasteiger partial charge in [0.1, 0.15) is 10.6 Å². The summed E-state index contributed by atoms with van der Waals surface area (Å²) in [5.41, 5.74) is 3.75. The Bertz CT molecular complexity index is 497. The lowest BCUT2D eigenvalue weighted by Gasteiger charge is -2.09. The molecular weight excluding hydrogens is 326 g/mol. The molecule has 3 nitrogen and oxygen atoms in total. The van der Waals surface area contributed by atoms with Crippen LogP contribution in [-0.4, -0.2) is 13.1 Å². The first-order chi connectivity index (χ1) is 9.86. The van der Waals surface area contributed by atoms with Gasteiger partial charge in [-0.05, 0) is 30.2 Å². The van der Waals surface area contributed by atoms with Crippen LogP contribution >= 0.6 is 23.9 Å². The third kappa shape index (κ3) is 5.10. The standard InChI is InChI=1S/C12H15F4N3S2/c1-6(2)20-18-4-3-5-19-21-12-9(15)7(13)11(17)8(14)10(12)16/h18-19H,1,3-5,17H2,2H3. The summed E-state index contributed by atoms with van der Waals surface area (Å²) in [6, 6.07) is 0. The molecule has 1 aromatic carbocycles. The van der Waals surface area contributed by atoms with Crippen molar-refractivity contribution in [1.29, 1.82) is 0 Å². The van der Waals surface area contributed by atoms with Crippen molar-refractivity contribution in [3.63, 3.8) is 0 Å². The van der Waals surface area contributed by atoms with Gasteiger partial charge >= 0.3 is 0 Å². The number of nitrogen functional groups attached to an aromatic ring is 1. The maximum absolute atomic E-state index is 13.5. The molecule has 1 rings (SSSR count). The fourth-order valence-corrected chi connectivity index (χ4v) is 2.49. The van der Waals surface area contributed by atoms with Crippen molar-refractivity contribution in [2.75, 3.05) is 18.8 Å². The number of allylic oxidation sites excluding steroid dienone is 1. The van der Waals surface area contributed by atoms with Crippen molar-refractivity contribution in [2.45, 2.75) is 18.2 Å². The Balaban J connectivity index is 2.48. The number of nitrogens with two attached hydrogens (primary N) is 1. The van der Waals surface area contributed by atoms with E-state index in [9.17, 15) is 17.6 Å². The summed E-state index contributed by atoms with van der Waals surface area (Å²) in [5.74, 6) is -6.17. The summed E-state index contributed by atoms with van der Waals surface area (Å²) in [6.07, 6.45) is 0.649. The highest BCUT2D eigenvalue weighted by atomic mass is 32.2. The van der Waals surface area contributed by atoms with Gasteiger partial charge in [0, 0.05) is 13.1 Å². The third-order valence-electron chi connectivity index (χ3n) is 2.24. The highest BCUT2D eigenvalue weighted by Gasteiger charge is 2.24. The van der Waals surface area contributed by atoms with Gasteiger partial charge in [-0.1, -0.05) is 18.5 Å². The lowest BCUT2D eigenvalue weighted by atomic mass is 10.2. The second-order valence-corrected chi connectivity index (χ2v) is 6.14. The number of rotatable bonds is 8. The van der Waals surface area contributed by atoms with Gasteiger partial charge in [-0.25, -0.2) is 17.6 Å². The number of anilines is 1. The first kappa shape index (κ1) is 18.1. The monoisotopic (exact) mass is 341 g/mol. The molecule has 21 heavy (non-hydrogen) atoms. The maximum Gasteiger partial charge on any atom is 0.186 e. The molecule has 4 N–H and O–H groups in total. The van der Waals surface area contributed by atoms with Gasteiger partial charge in [-0.15, -0.1) is 0 Å². The summed E-state index contributed by atoms with van der Waals surface area (Å²) in [6.45, 7) is 6.57. The van der Waals surface area contributed by atoms with Crippen molar-refractivity contribution >= 4 is 29.6 Å². The van der Waals surface area contributed by atoms with Crippen LogP contribution in [0.3, 0.4) is 0 Å². The van der Waals surface area contributed by atoms with Crippen molar-refractivity contribution in [3.8, 4) is 0 Å². The fraction of sp³-hybridized carbons (Fsp3) is 0.333. The molecule has 0 bridgehead atoms. The number of nitrogens with one attached hydrogen (secondary N) is 2. The molecule has 0 heterocycles. The molecule has 0 unspecified atom stereocenters. The summed E-state index contributed by atoms with van der Waals surface area (Å²) >= 11 is 1.87. The summed E-state index contributed by atoms with van der Waals surface area (Å²) in [4.78, 5) is 0.137. The first-order valence-corrected chi connectivity index (χ1v) is 7.55. The molecule has 0 radical (unpaired) electrons. The number of halogens is 4. The molecular formula is C12H15F4N3S2. The van der Waals surface area contributed by atoms with Crippen LogP contribution in [0.4, 0.5) is 23.2 Å². The van der Waals surface area contributed by atoms with Gasteiger partial charge in [0.15, 0.2) is 23.3 Å². The van der Waals surface area contributed by atoms with E-state index in [1.165, 1.54) is 11.9 Å². The molecule has 0 saturated heterocycles. The van der Waals surface area contributed by atoms with E-state index in [0.29, 0.717) is 31.5 Å². The fourth-order valence-electron chi connectivity index (χ4n) is 1.25. The Hall–Kier alpha value is -0.900. The molecule has 0 amide bonds. The van der Waals surface area contributed by atoms with Gasteiger partial charge in [-0.2, -0.15) is 0 Å². The van der Waals surface area contributed by atoms with Gasteiger partial charge in [0.2, 0.25) is 0 Å². The van der Waals surface area contributed by atoms with E-state index in [2.05, 4.69) is 16.0 Å². The number of benzene rings is 1. The largest absolute Gasteiger partial charge is 0.394 e. The number of hydrogen-bond donors (Lipinski definition) is 3. The van der Waals surface area contributed by atoms with Crippen molar-refractivity contribution in [1.82, 2.24) is 9.44 Å². The van der Waals surface area contributed by atoms with E-state index in [0.717, 1.165) is 4.91 Å². The van der Waals surface area contributed by atoms with E-state index >= 15 is 0 Å². The normalized spacial score (nSPS) is 10.9. The molecule has 0 aliphatic heterocycles. The Labute approximate surface area is 129 Å². The van der Waals surface area contributed by atoms with E-state index in [4.69, 9.17) is 5.73 Å². The summed E-state index contributed by atoms with van der Waals surface area (Å²) < 4.78 is 59.0. The zero-order chi connectivity index (χ0) is 16.0. The third-order valence-corrected chi connectivity index (χ3v) is 3.84. The van der Waals surface area contributed by atoms with Crippen LogP contribution in [0, 0.1) is 23.3 Å². The quantitative estimate of drug-likeness (QED) is 0.222. The van der Waals surface area contributed by atoms with Crippen LogP contribution in [0.2, 0.25) is 0 Å². The zero-order valence-corrected chi connectivity index (χ0v) is 12.9. The van der Waals surface area contributed by atoms with Crippen LogP contribution in [-0.2, 0) is 0 Å². The number of hydrogen-bond acceptors (Lipinski definition) is 5. The van der Waals surface area contributed by atoms with Crippen molar-refractivity contribution in [2.24, 2.45) is 0 Å². The Morgan fingerprint density at radius 3 is 2.10 bits per heavy atom. The minimum Gasteiger partial charge on any atom is -0.394 e. The Morgan fingerprint density at radius 2 is 1.57 bits per heavy atom. The minimum absolute atomic E-state index is 0.390. The smallest absolute Gasteiger partial charge is 0.186 e. The average molecular weight is 341 g/mol. The van der Waals surface area contributed by atoms with Crippen molar-refractivity contribution < 1.29 is 17.6 Å². The molecule has 9 heteroatoms. The van der Waals surface area contributed by atoms with E-state index in [1.807, 2.05) is 6.92 Å². The van der Waals surface area contributed by atoms with Crippen LogP contribution < -0.4 is 15.2 Å². The molecule has 0 atom stereocenters. The predicted molar refractivity (Wildman–Crippen MR) is 79.6 cm³/mol. The van der Waals surface area contributed by atoms with Crippen molar-refractivity contribution in [3.05, 3.63) is 34.8 Å². The Kier molecular flexibility index (Phi) is 7.36. The van der Waals surface area contributed by atoms with Crippen LogP contribution in [0.25, 0.3) is 0 Å². The zero-order valence-electron chi connectivity index (χ0n) is 11.2.